The Hall–Kier alpha value is -2.98. The van der Waals surface area contributed by atoms with Gasteiger partial charge in [0.05, 0.1) is 22.8 Å². The zero-order valence-corrected chi connectivity index (χ0v) is 18.9. The van der Waals surface area contributed by atoms with Crippen molar-refractivity contribution in [1.82, 2.24) is 9.55 Å². The normalized spacial score (nSPS) is 12.2. The molecule has 150 valence electrons. The lowest BCUT2D eigenvalue weighted by Crippen LogP contribution is -2.33. The first-order valence-electron chi connectivity index (χ1n) is 10.3. The van der Waals surface area contributed by atoms with Gasteiger partial charge in [0.1, 0.15) is 10.5 Å². The second-order valence-electron chi connectivity index (χ2n) is 8.90. The average molecular weight is 413 g/mol. The van der Waals surface area contributed by atoms with E-state index in [1.807, 2.05) is 6.07 Å². The molecule has 0 atom stereocenters. The summed E-state index contributed by atoms with van der Waals surface area (Å²) in [7, 11) is 2.17. The van der Waals surface area contributed by atoms with Crippen LogP contribution in [0, 0.1) is 6.92 Å². The predicted octanol–water partition coefficient (Wildman–Crippen LogP) is 6.47. The van der Waals surface area contributed by atoms with E-state index in [2.05, 4.69) is 105 Å². The van der Waals surface area contributed by atoms with Crippen molar-refractivity contribution in [1.29, 1.82) is 0 Å². The number of hydrogen-bond acceptors (Lipinski definition) is 2. The van der Waals surface area contributed by atoms with E-state index < -0.39 is 0 Å². The molecule has 0 unspecified atom stereocenters. The van der Waals surface area contributed by atoms with Gasteiger partial charge in [-0.25, -0.2) is 14.1 Å². The molecular formula is C26H26N3S+. The summed E-state index contributed by atoms with van der Waals surface area (Å²) in [5.74, 6) is 1.22. The first-order chi connectivity index (χ1) is 14.3. The van der Waals surface area contributed by atoms with Gasteiger partial charge < -0.3 is 0 Å². The van der Waals surface area contributed by atoms with E-state index >= 15 is 0 Å². The summed E-state index contributed by atoms with van der Waals surface area (Å²) >= 11 is 1.76. The lowest BCUT2D eigenvalue weighted by atomic mass is 10.0. The molecule has 0 aliphatic heterocycles. The van der Waals surface area contributed by atoms with Crippen LogP contribution < -0.4 is 4.57 Å². The molecule has 2 heterocycles. The highest BCUT2D eigenvalue weighted by Crippen LogP contribution is 2.36. The molecule has 3 aromatic carbocycles. The second kappa shape index (κ2) is 6.78. The third-order valence-corrected chi connectivity index (χ3v) is 6.75. The van der Waals surface area contributed by atoms with Gasteiger partial charge in [0.15, 0.2) is 11.0 Å². The molecule has 0 fully saturated rings. The van der Waals surface area contributed by atoms with Crippen molar-refractivity contribution < 1.29 is 4.57 Å². The molecule has 3 nitrogen and oxygen atoms in total. The number of benzene rings is 3. The lowest BCUT2D eigenvalue weighted by Gasteiger charge is -2.19. The molecule has 0 amide bonds. The van der Waals surface area contributed by atoms with Crippen LogP contribution in [-0.4, -0.2) is 9.55 Å². The molecule has 5 aromatic rings. The van der Waals surface area contributed by atoms with E-state index in [4.69, 9.17) is 4.98 Å². The van der Waals surface area contributed by atoms with Crippen LogP contribution in [0.4, 0.5) is 0 Å². The fourth-order valence-electron chi connectivity index (χ4n) is 4.32. The Kier molecular flexibility index (Phi) is 4.30. The Morgan fingerprint density at radius 3 is 2.37 bits per heavy atom. The van der Waals surface area contributed by atoms with Crippen LogP contribution in [-0.2, 0) is 12.6 Å². The minimum absolute atomic E-state index is 0.0468. The minimum Gasteiger partial charge on any atom is -0.236 e. The number of para-hydroxylation sites is 2. The van der Waals surface area contributed by atoms with E-state index in [1.54, 1.807) is 11.3 Å². The van der Waals surface area contributed by atoms with Crippen molar-refractivity contribution in [3.8, 4) is 22.0 Å². The Balaban J connectivity index is 1.79. The van der Waals surface area contributed by atoms with Crippen LogP contribution in [0.3, 0.4) is 0 Å². The lowest BCUT2D eigenvalue weighted by molar-refractivity contribution is -0.634. The van der Waals surface area contributed by atoms with Crippen LogP contribution in [0.5, 0.6) is 0 Å². The summed E-state index contributed by atoms with van der Waals surface area (Å²) in [5.41, 5.74) is 7.19. The summed E-state index contributed by atoms with van der Waals surface area (Å²) in [6, 6.07) is 23.7. The number of aryl methyl sites for hydroxylation is 2. The van der Waals surface area contributed by atoms with E-state index in [-0.39, 0.29) is 5.54 Å². The van der Waals surface area contributed by atoms with Gasteiger partial charge >= 0.3 is 0 Å². The Labute approximate surface area is 181 Å². The Bertz CT molecular complexity index is 1390. The van der Waals surface area contributed by atoms with Gasteiger partial charge in [-0.3, -0.25) is 0 Å². The first kappa shape index (κ1) is 19.0. The van der Waals surface area contributed by atoms with Crippen molar-refractivity contribution >= 4 is 32.6 Å². The van der Waals surface area contributed by atoms with Crippen LogP contribution >= 0.6 is 11.3 Å². The number of imidazole rings is 1. The molecule has 5 rings (SSSR count). The third-order valence-electron chi connectivity index (χ3n) is 5.68. The van der Waals surface area contributed by atoms with Gasteiger partial charge in [0.2, 0.25) is 0 Å². The van der Waals surface area contributed by atoms with Crippen LogP contribution in [0.1, 0.15) is 26.3 Å². The predicted molar refractivity (Wildman–Crippen MR) is 127 cm³/mol. The fraction of sp³-hybridized carbons (Fsp3) is 0.231. The van der Waals surface area contributed by atoms with Crippen LogP contribution in [0.2, 0.25) is 0 Å². The first-order valence-corrected chi connectivity index (χ1v) is 11.1. The van der Waals surface area contributed by atoms with E-state index in [1.165, 1.54) is 38.2 Å². The standard InChI is InChI=1S/C26H26N3S/c1-17-15-23-20(27-24(30-23)18-11-7-6-8-12-18)16-19(17)25-28(5)21-13-9-10-14-22(21)29(25)26(2,3)4/h6-16H,1-5H3/q+1. The summed E-state index contributed by atoms with van der Waals surface area (Å²) in [6.07, 6.45) is 0. The largest absolute Gasteiger partial charge is 0.290 e. The fourth-order valence-corrected chi connectivity index (χ4v) is 5.37. The summed E-state index contributed by atoms with van der Waals surface area (Å²) in [5, 5.41) is 1.07. The molecule has 0 bridgehead atoms. The van der Waals surface area contributed by atoms with Gasteiger partial charge in [-0.1, -0.05) is 42.5 Å². The highest BCUT2D eigenvalue weighted by atomic mass is 32.1. The number of aromatic nitrogens is 3. The van der Waals surface area contributed by atoms with Crippen LogP contribution in [0.15, 0.2) is 66.7 Å². The highest BCUT2D eigenvalue weighted by Gasteiger charge is 2.33. The van der Waals surface area contributed by atoms with Gasteiger partial charge in [-0.2, -0.15) is 0 Å². The maximum Gasteiger partial charge on any atom is 0.290 e. The molecule has 0 aliphatic rings. The van der Waals surface area contributed by atoms with Crippen molar-refractivity contribution in [3.05, 3.63) is 72.3 Å². The maximum atomic E-state index is 4.99. The summed E-state index contributed by atoms with van der Waals surface area (Å²) in [6.45, 7) is 9.02. The number of thiazole rings is 1. The van der Waals surface area contributed by atoms with Gasteiger partial charge in [0, 0.05) is 5.56 Å². The quantitative estimate of drug-likeness (QED) is 0.304. The molecule has 0 saturated heterocycles. The van der Waals surface area contributed by atoms with Crippen molar-refractivity contribution in [2.24, 2.45) is 7.05 Å². The Morgan fingerprint density at radius 1 is 0.933 bits per heavy atom. The molecular weight excluding hydrogens is 386 g/mol. The molecule has 0 N–H and O–H groups in total. The van der Waals surface area contributed by atoms with Crippen molar-refractivity contribution in [3.63, 3.8) is 0 Å². The maximum absolute atomic E-state index is 4.99. The van der Waals surface area contributed by atoms with Gasteiger partial charge in [-0.15, -0.1) is 11.3 Å². The molecule has 2 aromatic heterocycles. The number of fused-ring (bicyclic) bond motifs is 2. The summed E-state index contributed by atoms with van der Waals surface area (Å²) in [4.78, 5) is 4.99. The molecule has 0 aliphatic carbocycles. The van der Waals surface area contributed by atoms with E-state index in [0.29, 0.717) is 0 Å². The van der Waals surface area contributed by atoms with E-state index in [9.17, 15) is 0 Å². The zero-order chi connectivity index (χ0) is 21.0. The SMILES string of the molecule is Cc1cc2sc(-c3ccccc3)nc2cc1-c1n(C(C)(C)C)c2ccccc2[n+]1C. The molecule has 4 heteroatoms. The average Bonchev–Trinajstić information content (AvgIpc) is 3.26. The van der Waals surface area contributed by atoms with Crippen LogP contribution in [0.25, 0.3) is 43.2 Å². The highest BCUT2D eigenvalue weighted by molar-refractivity contribution is 7.21. The number of hydrogen-bond donors (Lipinski definition) is 0. The van der Waals surface area contributed by atoms with Crippen molar-refractivity contribution in [2.75, 3.05) is 0 Å². The van der Waals surface area contributed by atoms with Gasteiger partial charge in [0.25, 0.3) is 5.82 Å². The van der Waals surface area contributed by atoms with Gasteiger partial charge in [-0.05, 0) is 57.5 Å². The number of rotatable bonds is 2. The van der Waals surface area contributed by atoms with E-state index in [0.717, 1.165) is 10.5 Å². The summed E-state index contributed by atoms with van der Waals surface area (Å²) < 4.78 is 6.01. The zero-order valence-electron chi connectivity index (χ0n) is 18.1. The molecule has 30 heavy (non-hydrogen) atoms. The minimum atomic E-state index is -0.0468. The van der Waals surface area contributed by atoms with Crippen molar-refractivity contribution in [2.45, 2.75) is 33.2 Å². The Morgan fingerprint density at radius 2 is 1.63 bits per heavy atom. The molecule has 0 saturated carbocycles. The second-order valence-corrected chi connectivity index (χ2v) is 9.93. The smallest absolute Gasteiger partial charge is 0.236 e. The monoisotopic (exact) mass is 412 g/mol. The third kappa shape index (κ3) is 2.94. The molecule has 0 spiro atoms. The number of nitrogens with zero attached hydrogens (tertiary/aromatic N) is 3. The topological polar surface area (TPSA) is 21.7 Å². The molecule has 0 radical (unpaired) electrons.